The molecule has 1 atom stereocenters. The average molecular weight is 258 g/mol. The predicted molar refractivity (Wildman–Crippen MR) is 73.1 cm³/mol. The first kappa shape index (κ1) is 13.3. The van der Waals surface area contributed by atoms with Gasteiger partial charge in [0.25, 0.3) is 0 Å². The first-order valence-electron chi connectivity index (χ1n) is 6.52. The molecular weight excluding hydrogens is 240 g/mol. The maximum Gasteiger partial charge on any atom is 0.341 e. The molecule has 0 fully saturated rings. The standard InChI is InChI=1S/C15H18N2O2/c1-3-14(12-8-6-5-7-9-12)17-11-13(10-16-17)15(18)19-4-2/h5-11,14H,3-4H2,1-2H3/t14-/m1/s1. The van der Waals surface area contributed by atoms with Gasteiger partial charge in [0.05, 0.1) is 24.4 Å². The minimum absolute atomic E-state index is 0.143. The molecule has 0 bridgehead atoms. The minimum Gasteiger partial charge on any atom is -0.462 e. The van der Waals surface area contributed by atoms with Gasteiger partial charge in [-0.2, -0.15) is 5.10 Å². The number of aromatic nitrogens is 2. The molecule has 0 aliphatic rings. The zero-order chi connectivity index (χ0) is 13.7. The Kier molecular flexibility index (Phi) is 4.34. The van der Waals surface area contributed by atoms with Crippen LogP contribution in [0.4, 0.5) is 0 Å². The van der Waals surface area contributed by atoms with Gasteiger partial charge in [0.2, 0.25) is 0 Å². The van der Waals surface area contributed by atoms with Crippen LogP contribution >= 0.6 is 0 Å². The van der Waals surface area contributed by atoms with Gasteiger partial charge in [-0.15, -0.1) is 0 Å². The summed E-state index contributed by atoms with van der Waals surface area (Å²) in [7, 11) is 0. The molecule has 0 radical (unpaired) electrons. The van der Waals surface area contributed by atoms with Gasteiger partial charge in [0.1, 0.15) is 0 Å². The molecule has 1 aromatic carbocycles. The Morgan fingerprint density at radius 3 is 2.68 bits per heavy atom. The average Bonchev–Trinajstić information content (AvgIpc) is 2.91. The number of nitrogens with zero attached hydrogens (tertiary/aromatic N) is 2. The molecule has 1 heterocycles. The third-order valence-electron chi connectivity index (χ3n) is 3.00. The van der Waals surface area contributed by atoms with Crippen molar-refractivity contribution in [2.75, 3.05) is 6.61 Å². The molecule has 4 nitrogen and oxygen atoms in total. The predicted octanol–water partition coefficient (Wildman–Crippen LogP) is 3.06. The molecule has 2 aromatic rings. The highest BCUT2D eigenvalue weighted by Gasteiger charge is 2.15. The third kappa shape index (κ3) is 3.02. The summed E-state index contributed by atoms with van der Waals surface area (Å²) in [4.78, 5) is 11.6. The molecule has 19 heavy (non-hydrogen) atoms. The van der Waals surface area contributed by atoms with E-state index in [-0.39, 0.29) is 12.0 Å². The zero-order valence-electron chi connectivity index (χ0n) is 11.2. The van der Waals surface area contributed by atoms with E-state index >= 15 is 0 Å². The van der Waals surface area contributed by atoms with E-state index in [0.29, 0.717) is 12.2 Å². The zero-order valence-corrected chi connectivity index (χ0v) is 11.2. The largest absolute Gasteiger partial charge is 0.462 e. The van der Waals surface area contributed by atoms with Crippen molar-refractivity contribution in [2.24, 2.45) is 0 Å². The highest BCUT2D eigenvalue weighted by Crippen LogP contribution is 2.21. The summed E-state index contributed by atoms with van der Waals surface area (Å²) in [5.74, 6) is -0.323. The van der Waals surface area contributed by atoms with Crippen LogP contribution in [0.3, 0.4) is 0 Å². The van der Waals surface area contributed by atoms with Gasteiger partial charge in [-0.05, 0) is 18.9 Å². The lowest BCUT2D eigenvalue weighted by atomic mass is 10.1. The smallest absolute Gasteiger partial charge is 0.341 e. The van der Waals surface area contributed by atoms with Crippen molar-refractivity contribution in [3.63, 3.8) is 0 Å². The molecule has 0 aliphatic carbocycles. The number of hydrogen-bond acceptors (Lipinski definition) is 3. The van der Waals surface area contributed by atoms with Gasteiger partial charge in [-0.3, -0.25) is 4.68 Å². The molecule has 0 aliphatic heterocycles. The van der Waals surface area contributed by atoms with Crippen molar-refractivity contribution in [1.29, 1.82) is 0 Å². The Morgan fingerprint density at radius 1 is 1.32 bits per heavy atom. The summed E-state index contributed by atoms with van der Waals surface area (Å²) in [6, 6.07) is 10.3. The number of rotatable bonds is 5. The summed E-state index contributed by atoms with van der Waals surface area (Å²) >= 11 is 0. The Labute approximate surface area is 113 Å². The topological polar surface area (TPSA) is 44.1 Å². The summed E-state index contributed by atoms with van der Waals surface area (Å²) in [5.41, 5.74) is 1.68. The molecule has 0 spiro atoms. The number of esters is 1. The van der Waals surface area contributed by atoms with E-state index in [9.17, 15) is 4.79 Å². The van der Waals surface area contributed by atoms with Crippen LogP contribution in [-0.2, 0) is 4.74 Å². The van der Waals surface area contributed by atoms with Gasteiger partial charge < -0.3 is 4.74 Å². The van der Waals surface area contributed by atoms with Crippen molar-refractivity contribution in [1.82, 2.24) is 9.78 Å². The normalized spacial score (nSPS) is 12.1. The van der Waals surface area contributed by atoms with Crippen molar-refractivity contribution in [2.45, 2.75) is 26.3 Å². The first-order valence-corrected chi connectivity index (χ1v) is 6.52. The number of ether oxygens (including phenoxy) is 1. The van der Waals surface area contributed by atoms with Crippen LogP contribution in [0.25, 0.3) is 0 Å². The molecule has 100 valence electrons. The van der Waals surface area contributed by atoms with Crippen LogP contribution < -0.4 is 0 Å². The Morgan fingerprint density at radius 2 is 2.05 bits per heavy atom. The monoisotopic (exact) mass is 258 g/mol. The molecular formula is C15H18N2O2. The lowest BCUT2D eigenvalue weighted by Crippen LogP contribution is -2.10. The quantitative estimate of drug-likeness (QED) is 0.774. The third-order valence-corrected chi connectivity index (χ3v) is 3.00. The number of hydrogen-bond donors (Lipinski definition) is 0. The van der Waals surface area contributed by atoms with Crippen molar-refractivity contribution in [3.8, 4) is 0 Å². The first-order chi connectivity index (χ1) is 9.26. The second kappa shape index (κ2) is 6.18. The summed E-state index contributed by atoms with van der Waals surface area (Å²) in [6.45, 7) is 4.27. The van der Waals surface area contributed by atoms with Crippen molar-refractivity contribution in [3.05, 3.63) is 53.9 Å². The van der Waals surface area contributed by atoms with Crippen LogP contribution in [0.2, 0.25) is 0 Å². The molecule has 4 heteroatoms. The Balaban J connectivity index is 2.23. The fourth-order valence-electron chi connectivity index (χ4n) is 2.08. The molecule has 0 unspecified atom stereocenters. The van der Waals surface area contributed by atoms with Gasteiger partial charge in [-0.25, -0.2) is 4.79 Å². The molecule has 0 saturated heterocycles. The Bertz CT molecular complexity index is 534. The maximum absolute atomic E-state index is 11.6. The SMILES string of the molecule is CCOC(=O)c1cnn([C@H](CC)c2ccccc2)c1. The fourth-order valence-corrected chi connectivity index (χ4v) is 2.08. The van der Waals surface area contributed by atoms with E-state index in [2.05, 4.69) is 24.2 Å². The number of carbonyl (C=O) groups excluding carboxylic acids is 1. The molecule has 2 rings (SSSR count). The van der Waals surface area contributed by atoms with Gasteiger partial charge in [-0.1, -0.05) is 37.3 Å². The summed E-state index contributed by atoms with van der Waals surface area (Å²) < 4.78 is 6.79. The highest BCUT2D eigenvalue weighted by molar-refractivity contribution is 5.88. The second-order valence-electron chi connectivity index (χ2n) is 4.26. The fraction of sp³-hybridized carbons (Fsp3) is 0.333. The van der Waals surface area contributed by atoms with Crippen molar-refractivity contribution >= 4 is 5.97 Å². The van der Waals surface area contributed by atoms with Gasteiger partial charge >= 0.3 is 5.97 Å². The maximum atomic E-state index is 11.6. The van der Waals surface area contributed by atoms with Crippen LogP contribution in [0.5, 0.6) is 0 Å². The summed E-state index contributed by atoms with van der Waals surface area (Å²) in [6.07, 6.45) is 4.22. The van der Waals surface area contributed by atoms with Crippen LogP contribution in [0.15, 0.2) is 42.7 Å². The van der Waals surface area contributed by atoms with E-state index in [1.165, 1.54) is 5.56 Å². The van der Waals surface area contributed by atoms with E-state index in [1.807, 2.05) is 22.9 Å². The molecule has 0 amide bonds. The van der Waals surface area contributed by atoms with E-state index in [4.69, 9.17) is 4.74 Å². The van der Waals surface area contributed by atoms with Crippen LogP contribution in [0.1, 0.15) is 42.2 Å². The number of carbonyl (C=O) groups is 1. The molecule has 0 saturated carbocycles. The highest BCUT2D eigenvalue weighted by atomic mass is 16.5. The van der Waals surface area contributed by atoms with Gasteiger partial charge in [0, 0.05) is 6.20 Å². The minimum atomic E-state index is -0.323. The lowest BCUT2D eigenvalue weighted by molar-refractivity contribution is 0.0526. The Hall–Kier alpha value is -2.10. The summed E-state index contributed by atoms with van der Waals surface area (Å²) in [5, 5.41) is 4.28. The van der Waals surface area contributed by atoms with E-state index in [1.54, 1.807) is 19.3 Å². The number of benzene rings is 1. The molecule has 1 aromatic heterocycles. The van der Waals surface area contributed by atoms with Crippen molar-refractivity contribution < 1.29 is 9.53 Å². The van der Waals surface area contributed by atoms with Crippen LogP contribution in [0, 0.1) is 0 Å². The lowest BCUT2D eigenvalue weighted by Gasteiger charge is -2.15. The second-order valence-corrected chi connectivity index (χ2v) is 4.26. The van der Waals surface area contributed by atoms with Gasteiger partial charge in [0.15, 0.2) is 0 Å². The van der Waals surface area contributed by atoms with Crippen LogP contribution in [-0.4, -0.2) is 22.4 Å². The van der Waals surface area contributed by atoms with E-state index in [0.717, 1.165) is 6.42 Å². The molecule has 0 N–H and O–H groups in total. The van der Waals surface area contributed by atoms with E-state index < -0.39 is 0 Å².